The summed E-state index contributed by atoms with van der Waals surface area (Å²) >= 11 is 0. The van der Waals surface area contributed by atoms with Gasteiger partial charge in [0.1, 0.15) is 5.75 Å². The Bertz CT molecular complexity index is 990. The molecule has 0 spiro atoms. The lowest BCUT2D eigenvalue weighted by atomic mass is 10.1. The fraction of sp³-hybridized carbons (Fsp3) is 0.409. The summed E-state index contributed by atoms with van der Waals surface area (Å²) in [6.07, 6.45) is 2.52. The number of benzene rings is 2. The highest BCUT2D eigenvalue weighted by atomic mass is 127. The van der Waals surface area contributed by atoms with Crippen molar-refractivity contribution in [3.63, 3.8) is 0 Å². The lowest BCUT2D eigenvalue weighted by Gasteiger charge is -2.15. The largest absolute Gasteiger partial charge is 0.493 e. The number of guanidine groups is 1. The van der Waals surface area contributed by atoms with Crippen LogP contribution in [0.3, 0.4) is 0 Å². The number of nitrogens with one attached hydrogen (secondary N) is 3. The molecule has 3 rings (SSSR count). The van der Waals surface area contributed by atoms with Crippen molar-refractivity contribution in [3.05, 3.63) is 59.2 Å². The number of hydrogen-bond donors (Lipinski definition) is 3. The molecule has 0 atom stereocenters. The SMILES string of the molecule is CN=C(NCc1ccc(S(=O)(=O)NC)cc1)NCc1ccc(C)cc1OCC1CC1.I. The Morgan fingerprint density at radius 1 is 1.10 bits per heavy atom. The number of halogens is 1. The van der Waals surface area contributed by atoms with E-state index in [9.17, 15) is 8.42 Å². The van der Waals surface area contributed by atoms with Crippen molar-refractivity contribution in [1.82, 2.24) is 15.4 Å². The first-order valence-corrected chi connectivity index (χ1v) is 11.6. The van der Waals surface area contributed by atoms with Crippen molar-refractivity contribution in [3.8, 4) is 5.75 Å². The molecule has 0 saturated heterocycles. The topological polar surface area (TPSA) is 91.8 Å². The van der Waals surface area contributed by atoms with Gasteiger partial charge in [-0.2, -0.15) is 0 Å². The van der Waals surface area contributed by atoms with Gasteiger partial charge < -0.3 is 15.4 Å². The van der Waals surface area contributed by atoms with Crippen LogP contribution in [0.2, 0.25) is 0 Å². The van der Waals surface area contributed by atoms with E-state index in [1.165, 1.54) is 25.5 Å². The first kappa shape index (κ1) is 25.4. The van der Waals surface area contributed by atoms with E-state index in [2.05, 4.69) is 45.5 Å². The molecule has 0 amide bonds. The second kappa shape index (κ2) is 11.7. The summed E-state index contributed by atoms with van der Waals surface area (Å²) in [4.78, 5) is 4.51. The van der Waals surface area contributed by atoms with Crippen LogP contribution < -0.4 is 20.1 Å². The van der Waals surface area contributed by atoms with Crippen LogP contribution in [-0.4, -0.2) is 35.1 Å². The number of rotatable bonds is 9. The molecule has 1 aliphatic carbocycles. The van der Waals surface area contributed by atoms with Crippen LogP contribution in [0.25, 0.3) is 0 Å². The van der Waals surface area contributed by atoms with Gasteiger partial charge in [-0.1, -0.05) is 24.3 Å². The number of sulfonamides is 1. The van der Waals surface area contributed by atoms with Gasteiger partial charge in [-0.3, -0.25) is 4.99 Å². The monoisotopic (exact) mass is 558 g/mol. The molecule has 3 N–H and O–H groups in total. The average molecular weight is 558 g/mol. The predicted molar refractivity (Wildman–Crippen MR) is 135 cm³/mol. The Kier molecular flexibility index (Phi) is 9.57. The molecule has 2 aromatic rings. The Labute approximate surface area is 202 Å². The number of nitrogens with zero attached hydrogens (tertiary/aromatic N) is 1. The van der Waals surface area contributed by atoms with Crippen molar-refractivity contribution >= 4 is 40.0 Å². The smallest absolute Gasteiger partial charge is 0.240 e. The van der Waals surface area contributed by atoms with Crippen LogP contribution in [0.4, 0.5) is 0 Å². The molecule has 31 heavy (non-hydrogen) atoms. The molecule has 0 radical (unpaired) electrons. The average Bonchev–Trinajstić information content (AvgIpc) is 3.58. The minimum absolute atomic E-state index is 0. The summed E-state index contributed by atoms with van der Waals surface area (Å²) in [6, 6.07) is 13.0. The molecule has 1 fully saturated rings. The van der Waals surface area contributed by atoms with Crippen LogP contribution in [0, 0.1) is 12.8 Å². The maximum absolute atomic E-state index is 11.8. The summed E-state index contributed by atoms with van der Waals surface area (Å²) in [5.41, 5.74) is 3.22. The summed E-state index contributed by atoms with van der Waals surface area (Å²) in [6.45, 7) is 3.97. The Hall–Kier alpha value is -1.85. The third kappa shape index (κ3) is 7.65. The molecule has 7 nitrogen and oxygen atoms in total. The number of hydrogen-bond acceptors (Lipinski definition) is 4. The fourth-order valence-electron chi connectivity index (χ4n) is 2.92. The maximum Gasteiger partial charge on any atom is 0.240 e. The normalized spacial score (nSPS) is 14.0. The van der Waals surface area contributed by atoms with Gasteiger partial charge >= 0.3 is 0 Å². The van der Waals surface area contributed by atoms with Crippen molar-refractivity contribution in [2.75, 3.05) is 20.7 Å². The molecule has 9 heteroatoms. The first-order valence-electron chi connectivity index (χ1n) is 10.1. The zero-order valence-electron chi connectivity index (χ0n) is 18.1. The van der Waals surface area contributed by atoms with Crippen LogP contribution >= 0.6 is 24.0 Å². The number of ether oxygens (including phenoxy) is 1. The van der Waals surface area contributed by atoms with E-state index in [1.54, 1.807) is 31.3 Å². The molecule has 170 valence electrons. The number of aliphatic imine (C=N–C) groups is 1. The molecule has 1 aliphatic rings. The molecule has 2 aromatic carbocycles. The fourth-order valence-corrected chi connectivity index (χ4v) is 3.65. The second-order valence-electron chi connectivity index (χ2n) is 7.50. The Morgan fingerprint density at radius 3 is 2.39 bits per heavy atom. The van der Waals surface area contributed by atoms with Gasteiger partial charge in [0.25, 0.3) is 0 Å². The van der Waals surface area contributed by atoms with Crippen LogP contribution in [-0.2, 0) is 23.1 Å². The summed E-state index contributed by atoms with van der Waals surface area (Å²) in [5, 5.41) is 6.57. The van der Waals surface area contributed by atoms with Crippen molar-refractivity contribution < 1.29 is 13.2 Å². The van der Waals surface area contributed by atoms with Gasteiger partial charge in [-0.15, -0.1) is 24.0 Å². The lowest BCUT2D eigenvalue weighted by molar-refractivity contribution is 0.296. The maximum atomic E-state index is 11.8. The number of aryl methyl sites for hydroxylation is 1. The third-order valence-corrected chi connectivity index (χ3v) is 6.46. The van der Waals surface area contributed by atoms with Gasteiger partial charge in [-0.05, 0) is 62.1 Å². The van der Waals surface area contributed by atoms with Gasteiger partial charge in [0.05, 0.1) is 11.5 Å². The van der Waals surface area contributed by atoms with E-state index >= 15 is 0 Å². The lowest BCUT2D eigenvalue weighted by Crippen LogP contribution is -2.36. The van der Waals surface area contributed by atoms with Crippen molar-refractivity contribution in [2.24, 2.45) is 10.9 Å². The molecular formula is C22H31IN4O3S. The van der Waals surface area contributed by atoms with Gasteiger partial charge in [0, 0.05) is 25.7 Å². The Balaban J connectivity index is 0.00000341. The molecular weight excluding hydrogens is 527 g/mol. The minimum atomic E-state index is -3.42. The molecule has 0 bridgehead atoms. The highest BCUT2D eigenvalue weighted by molar-refractivity contribution is 14.0. The quantitative estimate of drug-likeness (QED) is 0.250. The highest BCUT2D eigenvalue weighted by Gasteiger charge is 2.22. The van der Waals surface area contributed by atoms with E-state index in [0.717, 1.165) is 23.5 Å². The minimum Gasteiger partial charge on any atom is -0.493 e. The summed E-state index contributed by atoms with van der Waals surface area (Å²) < 4.78 is 32.0. The molecule has 0 aliphatic heterocycles. The van der Waals surface area contributed by atoms with E-state index in [-0.39, 0.29) is 28.9 Å². The standard InChI is InChI=1S/C22H30N4O3S.HI/c1-16-4-9-19(21(12-16)29-15-18-5-6-18)14-26-22(23-2)25-13-17-7-10-20(11-8-17)30(27,28)24-3;/h4,7-12,18,24H,5-6,13-15H2,1-3H3,(H2,23,25,26);1H. The van der Waals surface area contributed by atoms with Crippen molar-refractivity contribution in [2.45, 2.75) is 37.8 Å². The van der Waals surface area contributed by atoms with Gasteiger partial charge in [0.2, 0.25) is 10.0 Å². The first-order chi connectivity index (χ1) is 14.4. The van der Waals surface area contributed by atoms with E-state index in [1.807, 2.05) is 0 Å². The summed E-state index contributed by atoms with van der Waals surface area (Å²) in [7, 11) is -0.303. The van der Waals surface area contributed by atoms with E-state index in [0.29, 0.717) is 25.0 Å². The second-order valence-corrected chi connectivity index (χ2v) is 9.38. The van der Waals surface area contributed by atoms with E-state index < -0.39 is 10.0 Å². The molecule has 0 unspecified atom stereocenters. The van der Waals surface area contributed by atoms with Crippen LogP contribution in [0.5, 0.6) is 5.75 Å². The molecule has 0 heterocycles. The Morgan fingerprint density at radius 2 is 1.77 bits per heavy atom. The molecule has 0 aromatic heterocycles. The zero-order chi connectivity index (χ0) is 21.6. The highest BCUT2D eigenvalue weighted by Crippen LogP contribution is 2.30. The molecule has 1 saturated carbocycles. The van der Waals surface area contributed by atoms with Crippen molar-refractivity contribution in [1.29, 1.82) is 0 Å². The van der Waals surface area contributed by atoms with Gasteiger partial charge in [-0.25, -0.2) is 13.1 Å². The zero-order valence-corrected chi connectivity index (χ0v) is 21.3. The van der Waals surface area contributed by atoms with Crippen LogP contribution in [0.1, 0.15) is 29.5 Å². The van der Waals surface area contributed by atoms with E-state index in [4.69, 9.17) is 4.74 Å². The van der Waals surface area contributed by atoms with Crippen LogP contribution in [0.15, 0.2) is 52.4 Å². The van der Waals surface area contributed by atoms with Gasteiger partial charge in [0.15, 0.2) is 5.96 Å². The third-order valence-electron chi connectivity index (χ3n) is 5.03. The summed E-state index contributed by atoms with van der Waals surface area (Å²) in [5.74, 6) is 2.29. The predicted octanol–water partition coefficient (Wildman–Crippen LogP) is 3.18.